The number of benzene rings is 2. The number of halogens is 1. The molecule has 0 amide bonds. The highest BCUT2D eigenvalue weighted by Gasteiger charge is 1.99. The van der Waals surface area contributed by atoms with Crippen LogP contribution in [0.5, 0.6) is 5.75 Å². The molecule has 0 heterocycles. The van der Waals surface area contributed by atoms with Crippen molar-refractivity contribution in [3.05, 3.63) is 54.3 Å². The Kier molecular flexibility index (Phi) is 3.22. The average molecular weight is 215 g/mol. The van der Waals surface area contributed by atoms with Crippen molar-refractivity contribution in [2.75, 3.05) is 0 Å². The van der Waals surface area contributed by atoms with E-state index in [0.29, 0.717) is 13.4 Å². The van der Waals surface area contributed by atoms with Crippen LogP contribution in [0, 0.1) is 5.82 Å². The first-order valence-electron chi connectivity index (χ1n) is 4.78. The van der Waals surface area contributed by atoms with Crippen molar-refractivity contribution >= 4 is 7.69 Å². The molecule has 16 heavy (non-hydrogen) atoms. The minimum Gasteiger partial charge on any atom is -0.537 e. The summed E-state index contributed by atoms with van der Waals surface area (Å²) in [5.41, 5.74) is 1.89. The normalized spacial score (nSPS) is 9.88. The fourth-order valence-corrected chi connectivity index (χ4v) is 1.43. The molecule has 2 aromatic carbocycles. The van der Waals surface area contributed by atoms with Gasteiger partial charge in [0, 0.05) is 0 Å². The lowest BCUT2D eigenvalue weighted by Gasteiger charge is -2.04. The van der Waals surface area contributed by atoms with E-state index in [-0.39, 0.29) is 5.82 Å². The third-order valence-corrected chi connectivity index (χ3v) is 2.22. The molecule has 2 aromatic rings. The lowest BCUT2D eigenvalue weighted by atomic mass is 10.1. The highest BCUT2D eigenvalue weighted by Crippen LogP contribution is 2.22. The topological polar surface area (TPSA) is 29.5 Å². The van der Waals surface area contributed by atoms with E-state index in [4.69, 9.17) is 9.68 Å². The SMILES string of the molecule is O[B]Oc1ccc(-c2ccc(F)cc2)cc1. The lowest BCUT2D eigenvalue weighted by Crippen LogP contribution is -1.99. The molecule has 2 nitrogen and oxygen atoms in total. The molecule has 0 saturated heterocycles. The molecular formula is C12H9BFO2. The van der Waals surface area contributed by atoms with Crippen molar-refractivity contribution in [3.63, 3.8) is 0 Å². The van der Waals surface area contributed by atoms with Gasteiger partial charge in [0.1, 0.15) is 11.6 Å². The summed E-state index contributed by atoms with van der Waals surface area (Å²) in [6, 6.07) is 13.4. The van der Waals surface area contributed by atoms with Crippen LogP contribution >= 0.6 is 0 Å². The molecule has 0 aliphatic heterocycles. The van der Waals surface area contributed by atoms with E-state index in [1.165, 1.54) is 12.1 Å². The zero-order valence-corrected chi connectivity index (χ0v) is 8.43. The van der Waals surface area contributed by atoms with Gasteiger partial charge in [-0.1, -0.05) is 24.3 Å². The van der Waals surface area contributed by atoms with Crippen LogP contribution in [0.15, 0.2) is 48.5 Å². The number of hydrogen-bond acceptors (Lipinski definition) is 2. The van der Waals surface area contributed by atoms with Gasteiger partial charge in [0.25, 0.3) is 0 Å². The Morgan fingerprint density at radius 2 is 1.38 bits per heavy atom. The summed E-state index contributed by atoms with van der Waals surface area (Å²) in [6.07, 6.45) is 0. The molecule has 0 aliphatic carbocycles. The molecule has 0 bridgehead atoms. The Balaban J connectivity index is 2.24. The fourth-order valence-electron chi connectivity index (χ4n) is 1.43. The Bertz CT molecular complexity index is 453. The predicted octanol–water partition coefficient (Wildman–Crippen LogP) is 2.40. The zero-order chi connectivity index (χ0) is 11.4. The third kappa shape index (κ3) is 2.41. The summed E-state index contributed by atoms with van der Waals surface area (Å²) >= 11 is 0. The summed E-state index contributed by atoms with van der Waals surface area (Å²) in [6.45, 7) is 0. The maximum atomic E-state index is 12.7. The van der Waals surface area contributed by atoms with Crippen LogP contribution in [-0.2, 0) is 0 Å². The first-order chi connectivity index (χ1) is 7.79. The van der Waals surface area contributed by atoms with E-state index in [0.717, 1.165) is 11.1 Å². The third-order valence-electron chi connectivity index (χ3n) is 2.22. The van der Waals surface area contributed by atoms with Crippen molar-refractivity contribution in [1.82, 2.24) is 0 Å². The summed E-state index contributed by atoms with van der Waals surface area (Å²) in [5, 5.41) is 8.45. The van der Waals surface area contributed by atoms with Gasteiger partial charge in [0.05, 0.1) is 0 Å². The molecule has 0 aromatic heterocycles. The predicted molar refractivity (Wildman–Crippen MR) is 60.4 cm³/mol. The van der Waals surface area contributed by atoms with Crippen molar-refractivity contribution in [1.29, 1.82) is 0 Å². The Hall–Kier alpha value is -1.81. The van der Waals surface area contributed by atoms with Crippen molar-refractivity contribution in [2.24, 2.45) is 0 Å². The highest BCUT2D eigenvalue weighted by atomic mass is 19.1. The van der Waals surface area contributed by atoms with Crippen LogP contribution in [0.25, 0.3) is 11.1 Å². The van der Waals surface area contributed by atoms with Gasteiger partial charge in [-0.05, 0) is 35.4 Å². The quantitative estimate of drug-likeness (QED) is 0.796. The van der Waals surface area contributed by atoms with Crippen LogP contribution in [0.1, 0.15) is 0 Å². The van der Waals surface area contributed by atoms with Gasteiger partial charge in [0.2, 0.25) is 0 Å². The van der Waals surface area contributed by atoms with Gasteiger partial charge in [0.15, 0.2) is 0 Å². The maximum Gasteiger partial charge on any atom is 0.569 e. The Morgan fingerprint density at radius 1 is 0.875 bits per heavy atom. The van der Waals surface area contributed by atoms with Crippen molar-refractivity contribution in [2.45, 2.75) is 0 Å². The van der Waals surface area contributed by atoms with E-state index in [1.807, 2.05) is 12.1 Å². The molecule has 0 spiro atoms. The van der Waals surface area contributed by atoms with Crippen molar-refractivity contribution < 1.29 is 14.1 Å². The molecule has 1 radical (unpaired) electrons. The molecular weight excluding hydrogens is 206 g/mol. The Labute approximate surface area is 93.6 Å². The highest BCUT2D eigenvalue weighted by molar-refractivity contribution is 6.17. The fraction of sp³-hybridized carbons (Fsp3) is 0. The van der Waals surface area contributed by atoms with Crippen LogP contribution in [0.2, 0.25) is 0 Å². The molecule has 79 valence electrons. The molecule has 1 N–H and O–H groups in total. The summed E-state index contributed by atoms with van der Waals surface area (Å²) in [7, 11) is 0.632. The Morgan fingerprint density at radius 3 is 1.88 bits per heavy atom. The van der Waals surface area contributed by atoms with Crippen LogP contribution in [0.3, 0.4) is 0 Å². The van der Waals surface area contributed by atoms with Crippen LogP contribution in [0.4, 0.5) is 4.39 Å². The second-order valence-electron chi connectivity index (χ2n) is 3.25. The standard InChI is InChI=1S/C12H9BFO2/c14-11-5-1-9(2-6-11)10-3-7-12(8-4-10)16-13-15/h1-8,15H. The smallest absolute Gasteiger partial charge is 0.537 e. The van der Waals surface area contributed by atoms with Gasteiger partial charge < -0.3 is 9.68 Å². The number of hydrogen-bond donors (Lipinski definition) is 1. The van der Waals surface area contributed by atoms with Gasteiger partial charge in [-0.15, -0.1) is 0 Å². The summed E-state index contributed by atoms with van der Waals surface area (Å²) in [4.78, 5) is 0. The number of rotatable bonds is 3. The maximum absolute atomic E-state index is 12.7. The van der Waals surface area contributed by atoms with Gasteiger partial charge >= 0.3 is 7.69 Å². The van der Waals surface area contributed by atoms with Crippen LogP contribution in [-0.4, -0.2) is 12.7 Å². The molecule has 2 rings (SSSR count). The summed E-state index contributed by atoms with van der Waals surface area (Å²) in [5.74, 6) is 0.298. The van der Waals surface area contributed by atoms with Gasteiger partial charge in [-0.25, -0.2) is 4.39 Å². The minimum absolute atomic E-state index is 0.251. The molecule has 4 heteroatoms. The van der Waals surface area contributed by atoms with Crippen LogP contribution < -0.4 is 4.65 Å². The molecule has 0 aliphatic rings. The lowest BCUT2D eigenvalue weighted by molar-refractivity contribution is 0.454. The van der Waals surface area contributed by atoms with Gasteiger partial charge in [-0.2, -0.15) is 0 Å². The zero-order valence-electron chi connectivity index (χ0n) is 8.43. The molecule has 0 atom stereocenters. The van der Waals surface area contributed by atoms with Gasteiger partial charge in [-0.3, -0.25) is 0 Å². The summed E-state index contributed by atoms with van der Waals surface area (Å²) < 4.78 is 17.5. The van der Waals surface area contributed by atoms with E-state index in [1.54, 1.807) is 24.3 Å². The minimum atomic E-state index is -0.251. The van der Waals surface area contributed by atoms with E-state index >= 15 is 0 Å². The average Bonchev–Trinajstić information content (AvgIpc) is 2.32. The molecule has 0 unspecified atom stereocenters. The van der Waals surface area contributed by atoms with E-state index in [9.17, 15) is 4.39 Å². The van der Waals surface area contributed by atoms with Crippen molar-refractivity contribution in [3.8, 4) is 16.9 Å². The molecule has 0 fully saturated rings. The van der Waals surface area contributed by atoms with E-state index in [2.05, 4.69) is 0 Å². The molecule has 0 saturated carbocycles. The first-order valence-corrected chi connectivity index (χ1v) is 4.78. The second kappa shape index (κ2) is 4.81. The first kappa shape index (κ1) is 10.7. The van der Waals surface area contributed by atoms with E-state index < -0.39 is 0 Å². The largest absolute Gasteiger partial charge is 0.569 e. The second-order valence-corrected chi connectivity index (χ2v) is 3.25. The monoisotopic (exact) mass is 215 g/mol.